The van der Waals surface area contributed by atoms with Gasteiger partial charge in [-0.2, -0.15) is 0 Å². The molecule has 0 aliphatic rings. The van der Waals surface area contributed by atoms with Crippen molar-refractivity contribution in [3.8, 4) is 0 Å². The second-order valence-corrected chi connectivity index (χ2v) is 5.54. The van der Waals surface area contributed by atoms with E-state index in [0.717, 1.165) is 12.0 Å². The molecule has 0 radical (unpaired) electrons. The molecular weight excluding hydrogens is 250 g/mol. The number of ether oxygens (including phenoxy) is 1. The predicted molar refractivity (Wildman–Crippen MR) is 82.7 cm³/mol. The maximum Gasteiger partial charge on any atom is 0.314 e. The minimum absolute atomic E-state index is 0.181. The molecule has 1 N–H and O–H groups in total. The standard InChI is InChI=1S/C17H27NO2/c1-5-13(2)11-14(3)18-12-16(17(19)20-4)15-9-7-6-8-10-15/h6-10,13-14,16,18H,5,11-12H2,1-4H3. The third-order valence-electron chi connectivity index (χ3n) is 3.81. The van der Waals surface area contributed by atoms with Crippen LogP contribution < -0.4 is 5.32 Å². The molecule has 0 aliphatic heterocycles. The van der Waals surface area contributed by atoms with Crippen molar-refractivity contribution in [1.29, 1.82) is 0 Å². The Kier molecular flexibility index (Phi) is 7.31. The van der Waals surface area contributed by atoms with Gasteiger partial charge in [-0.05, 0) is 24.8 Å². The molecule has 1 aromatic carbocycles. The summed E-state index contributed by atoms with van der Waals surface area (Å²) in [5.41, 5.74) is 1.00. The molecule has 20 heavy (non-hydrogen) atoms. The van der Waals surface area contributed by atoms with Gasteiger partial charge in [0.1, 0.15) is 0 Å². The fourth-order valence-corrected chi connectivity index (χ4v) is 2.34. The van der Waals surface area contributed by atoms with Crippen LogP contribution in [0.5, 0.6) is 0 Å². The minimum atomic E-state index is -0.236. The van der Waals surface area contributed by atoms with E-state index in [4.69, 9.17) is 4.74 Å². The highest BCUT2D eigenvalue weighted by Gasteiger charge is 2.21. The quantitative estimate of drug-likeness (QED) is 0.740. The first-order valence-electron chi connectivity index (χ1n) is 7.44. The zero-order chi connectivity index (χ0) is 15.0. The minimum Gasteiger partial charge on any atom is -0.469 e. The van der Waals surface area contributed by atoms with E-state index < -0.39 is 0 Å². The molecule has 0 aliphatic carbocycles. The van der Waals surface area contributed by atoms with Gasteiger partial charge < -0.3 is 10.1 Å². The van der Waals surface area contributed by atoms with Gasteiger partial charge in [0.15, 0.2) is 0 Å². The van der Waals surface area contributed by atoms with Crippen molar-refractivity contribution in [3.63, 3.8) is 0 Å². The number of esters is 1. The van der Waals surface area contributed by atoms with Crippen molar-refractivity contribution in [2.45, 2.75) is 45.6 Å². The van der Waals surface area contributed by atoms with E-state index in [0.29, 0.717) is 18.5 Å². The van der Waals surface area contributed by atoms with Gasteiger partial charge in [-0.15, -0.1) is 0 Å². The van der Waals surface area contributed by atoms with Gasteiger partial charge in [0, 0.05) is 12.6 Å². The van der Waals surface area contributed by atoms with E-state index in [1.807, 2.05) is 30.3 Å². The maximum absolute atomic E-state index is 11.9. The Bertz CT molecular complexity index is 391. The van der Waals surface area contributed by atoms with Gasteiger partial charge in [-0.1, -0.05) is 50.6 Å². The maximum atomic E-state index is 11.9. The van der Waals surface area contributed by atoms with E-state index in [2.05, 4.69) is 26.1 Å². The molecule has 0 bridgehead atoms. The number of methoxy groups -OCH3 is 1. The van der Waals surface area contributed by atoms with Crippen LogP contribution in [-0.2, 0) is 9.53 Å². The van der Waals surface area contributed by atoms with Crippen LogP contribution >= 0.6 is 0 Å². The van der Waals surface area contributed by atoms with Crippen LogP contribution in [0.1, 0.15) is 45.1 Å². The van der Waals surface area contributed by atoms with Crippen LogP contribution in [0.4, 0.5) is 0 Å². The molecule has 112 valence electrons. The molecule has 3 atom stereocenters. The fraction of sp³-hybridized carbons (Fsp3) is 0.588. The Balaban J connectivity index is 2.61. The molecule has 0 saturated heterocycles. The van der Waals surface area contributed by atoms with Crippen LogP contribution in [0, 0.1) is 5.92 Å². The van der Waals surface area contributed by atoms with Crippen LogP contribution in [-0.4, -0.2) is 25.7 Å². The van der Waals surface area contributed by atoms with E-state index in [-0.39, 0.29) is 11.9 Å². The van der Waals surface area contributed by atoms with E-state index in [1.54, 1.807) is 0 Å². The summed E-state index contributed by atoms with van der Waals surface area (Å²) in [5, 5.41) is 3.46. The van der Waals surface area contributed by atoms with Crippen LogP contribution in [0.2, 0.25) is 0 Å². The zero-order valence-electron chi connectivity index (χ0n) is 13.1. The van der Waals surface area contributed by atoms with E-state index in [9.17, 15) is 4.79 Å². The molecule has 0 saturated carbocycles. The van der Waals surface area contributed by atoms with Crippen LogP contribution in [0.25, 0.3) is 0 Å². The highest BCUT2D eigenvalue weighted by molar-refractivity contribution is 5.78. The fourth-order valence-electron chi connectivity index (χ4n) is 2.34. The Labute approximate surface area is 122 Å². The van der Waals surface area contributed by atoms with Gasteiger partial charge in [0.2, 0.25) is 0 Å². The number of benzene rings is 1. The van der Waals surface area contributed by atoms with Gasteiger partial charge in [-0.25, -0.2) is 0 Å². The van der Waals surface area contributed by atoms with Crippen molar-refractivity contribution in [2.24, 2.45) is 5.92 Å². The highest BCUT2D eigenvalue weighted by Crippen LogP contribution is 2.17. The van der Waals surface area contributed by atoms with Crippen molar-refractivity contribution in [2.75, 3.05) is 13.7 Å². The average molecular weight is 277 g/mol. The highest BCUT2D eigenvalue weighted by atomic mass is 16.5. The Morgan fingerprint density at radius 1 is 1.25 bits per heavy atom. The third kappa shape index (κ3) is 5.33. The summed E-state index contributed by atoms with van der Waals surface area (Å²) < 4.78 is 4.92. The smallest absolute Gasteiger partial charge is 0.314 e. The molecule has 1 rings (SSSR count). The number of hydrogen-bond acceptors (Lipinski definition) is 3. The normalized spacial score (nSPS) is 15.4. The molecule has 0 heterocycles. The van der Waals surface area contributed by atoms with Crippen LogP contribution in [0.15, 0.2) is 30.3 Å². The van der Waals surface area contributed by atoms with E-state index >= 15 is 0 Å². The predicted octanol–water partition coefficient (Wildman–Crippen LogP) is 3.36. The van der Waals surface area contributed by atoms with Crippen LogP contribution in [0.3, 0.4) is 0 Å². The lowest BCUT2D eigenvalue weighted by molar-refractivity contribution is -0.142. The summed E-state index contributed by atoms with van der Waals surface area (Å²) in [5.74, 6) is 0.283. The first kappa shape index (κ1) is 16.7. The lowest BCUT2D eigenvalue weighted by atomic mass is 9.97. The first-order valence-corrected chi connectivity index (χ1v) is 7.44. The monoisotopic (exact) mass is 277 g/mol. The molecule has 0 amide bonds. The largest absolute Gasteiger partial charge is 0.469 e. The number of hydrogen-bond donors (Lipinski definition) is 1. The Morgan fingerprint density at radius 3 is 2.45 bits per heavy atom. The lowest BCUT2D eigenvalue weighted by Crippen LogP contribution is -2.34. The molecular formula is C17H27NO2. The Hall–Kier alpha value is -1.35. The third-order valence-corrected chi connectivity index (χ3v) is 3.81. The van der Waals surface area contributed by atoms with Gasteiger partial charge >= 0.3 is 5.97 Å². The number of carbonyl (C=O) groups is 1. The van der Waals surface area contributed by atoms with Crippen molar-refractivity contribution < 1.29 is 9.53 Å². The molecule has 0 fully saturated rings. The summed E-state index contributed by atoms with van der Waals surface area (Å²) in [6.07, 6.45) is 2.31. The topological polar surface area (TPSA) is 38.3 Å². The number of nitrogens with one attached hydrogen (secondary N) is 1. The van der Waals surface area contributed by atoms with Crippen molar-refractivity contribution >= 4 is 5.97 Å². The summed E-state index contributed by atoms with van der Waals surface area (Å²) in [6.45, 7) is 7.26. The molecule has 3 unspecified atom stereocenters. The SMILES string of the molecule is CCC(C)CC(C)NCC(C(=O)OC)c1ccccc1. The molecule has 0 spiro atoms. The Morgan fingerprint density at radius 2 is 1.90 bits per heavy atom. The first-order chi connectivity index (χ1) is 9.58. The zero-order valence-corrected chi connectivity index (χ0v) is 13.1. The van der Waals surface area contributed by atoms with E-state index in [1.165, 1.54) is 13.5 Å². The second kappa shape index (κ2) is 8.75. The van der Waals surface area contributed by atoms with Crippen molar-refractivity contribution in [1.82, 2.24) is 5.32 Å². The lowest BCUT2D eigenvalue weighted by Gasteiger charge is -2.21. The summed E-state index contributed by atoms with van der Waals surface area (Å²) in [4.78, 5) is 11.9. The summed E-state index contributed by atoms with van der Waals surface area (Å²) >= 11 is 0. The molecule has 3 nitrogen and oxygen atoms in total. The van der Waals surface area contributed by atoms with Gasteiger partial charge in [-0.3, -0.25) is 4.79 Å². The number of carbonyl (C=O) groups excluding carboxylic acids is 1. The molecule has 3 heteroatoms. The van der Waals surface area contributed by atoms with Gasteiger partial charge in [0.05, 0.1) is 13.0 Å². The molecule has 0 aromatic heterocycles. The van der Waals surface area contributed by atoms with Crippen molar-refractivity contribution in [3.05, 3.63) is 35.9 Å². The average Bonchev–Trinajstić information content (AvgIpc) is 2.48. The molecule has 1 aromatic rings. The summed E-state index contributed by atoms with van der Waals surface area (Å²) in [7, 11) is 1.45. The number of rotatable bonds is 8. The van der Waals surface area contributed by atoms with Gasteiger partial charge in [0.25, 0.3) is 0 Å². The summed E-state index contributed by atoms with van der Waals surface area (Å²) in [6, 6.07) is 10.2. The second-order valence-electron chi connectivity index (χ2n) is 5.54.